The molecule has 1 aromatic heterocycles. The first-order chi connectivity index (χ1) is 11.3. The first kappa shape index (κ1) is 17.8. The molecule has 1 aliphatic rings. The van der Waals surface area contributed by atoms with Gasteiger partial charge in [-0.1, -0.05) is 19.8 Å². The Hall–Kier alpha value is -2.55. The van der Waals surface area contributed by atoms with Crippen LogP contribution in [0.4, 0.5) is 4.39 Å². The summed E-state index contributed by atoms with van der Waals surface area (Å²) in [5.74, 6) is 3.00. The summed E-state index contributed by atoms with van der Waals surface area (Å²) in [4.78, 5) is 23.3. The molecule has 0 aromatic carbocycles. The molecule has 0 N–H and O–H groups in total. The number of hydrogen-bond donors (Lipinski definition) is 0. The van der Waals surface area contributed by atoms with E-state index in [0.29, 0.717) is 11.5 Å². The predicted octanol–water partition coefficient (Wildman–Crippen LogP) is 2.99. The molecule has 0 aliphatic heterocycles. The van der Waals surface area contributed by atoms with Crippen molar-refractivity contribution in [3.05, 3.63) is 35.6 Å². The molecule has 0 radical (unpaired) electrons. The fraction of sp³-hybridized carbons (Fsp3) is 0.444. The maximum atomic E-state index is 13.6. The Labute approximate surface area is 139 Å². The highest BCUT2D eigenvalue weighted by molar-refractivity contribution is 5.86. The minimum absolute atomic E-state index is 0.0211. The Bertz CT molecular complexity index is 732. The molecule has 2 atom stereocenters. The molecule has 1 saturated carbocycles. The summed E-state index contributed by atoms with van der Waals surface area (Å²) in [6, 6.07) is 3.37. The van der Waals surface area contributed by atoms with E-state index >= 15 is 0 Å². The van der Waals surface area contributed by atoms with Gasteiger partial charge >= 0.3 is 11.9 Å². The van der Waals surface area contributed by atoms with Gasteiger partial charge in [0.25, 0.3) is 0 Å². The van der Waals surface area contributed by atoms with Crippen molar-refractivity contribution in [2.45, 2.75) is 27.4 Å². The number of halogens is 1. The zero-order chi connectivity index (χ0) is 17.9. The minimum Gasteiger partial charge on any atom is -0.464 e. The van der Waals surface area contributed by atoms with Gasteiger partial charge in [-0.25, -0.2) is 4.79 Å². The van der Waals surface area contributed by atoms with E-state index in [9.17, 15) is 14.0 Å². The average molecular weight is 334 g/mol. The van der Waals surface area contributed by atoms with E-state index in [1.165, 1.54) is 0 Å². The summed E-state index contributed by atoms with van der Waals surface area (Å²) in [5.41, 5.74) is -0.482. The van der Waals surface area contributed by atoms with Gasteiger partial charge in [0.15, 0.2) is 5.76 Å². The standard InChI is InChI=1S/C18H19FO5/c1-5-6-11-7-8-12(24-11)10-23-17(21)15-13(18(15,2)3)9-14(19)16(20)22-4/h7-9,13,15H,10H2,1-4H3/b14-9-/t13-,15-/m0/s1. The van der Waals surface area contributed by atoms with Crippen molar-refractivity contribution in [1.82, 2.24) is 0 Å². The summed E-state index contributed by atoms with van der Waals surface area (Å²) in [6.07, 6.45) is 1.12. The maximum absolute atomic E-state index is 13.6. The number of furan rings is 1. The molecular formula is C18H19FO5. The second-order valence-corrected chi connectivity index (χ2v) is 6.08. The number of ether oxygens (including phenoxy) is 2. The lowest BCUT2D eigenvalue weighted by molar-refractivity contribution is -0.148. The van der Waals surface area contributed by atoms with Crippen LogP contribution in [0.25, 0.3) is 0 Å². The van der Waals surface area contributed by atoms with Gasteiger partial charge in [0.05, 0.1) is 13.0 Å². The van der Waals surface area contributed by atoms with Crippen LogP contribution in [0.5, 0.6) is 0 Å². The fourth-order valence-electron chi connectivity index (χ4n) is 2.64. The first-order valence-electron chi connectivity index (χ1n) is 7.45. The number of carbonyl (C=O) groups excluding carboxylic acids is 2. The molecule has 128 valence electrons. The highest BCUT2D eigenvalue weighted by Crippen LogP contribution is 2.60. The van der Waals surface area contributed by atoms with Crippen LogP contribution < -0.4 is 0 Å². The molecule has 0 saturated heterocycles. The molecule has 0 spiro atoms. The van der Waals surface area contributed by atoms with Gasteiger partial charge in [0.2, 0.25) is 5.83 Å². The molecule has 6 heteroatoms. The highest BCUT2D eigenvalue weighted by Gasteiger charge is 2.62. The third kappa shape index (κ3) is 3.67. The molecular weight excluding hydrogens is 315 g/mol. The lowest BCUT2D eigenvalue weighted by atomic mass is 10.1. The van der Waals surface area contributed by atoms with E-state index in [0.717, 1.165) is 13.2 Å². The van der Waals surface area contributed by atoms with Crippen molar-refractivity contribution in [3.8, 4) is 11.8 Å². The summed E-state index contributed by atoms with van der Waals surface area (Å²) in [6.45, 7) is 5.30. The molecule has 1 aliphatic carbocycles. The average Bonchev–Trinajstić information content (AvgIpc) is 2.87. The fourth-order valence-corrected chi connectivity index (χ4v) is 2.64. The van der Waals surface area contributed by atoms with Gasteiger partial charge in [0, 0.05) is 0 Å². The second kappa shape index (κ2) is 6.91. The smallest absolute Gasteiger partial charge is 0.366 e. The molecule has 0 unspecified atom stereocenters. The number of methoxy groups -OCH3 is 1. The van der Waals surface area contributed by atoms with Gasteiger partial charge in [-0.3, -0.25) is 4.79 Å². The molecule has 0 amide bonds. The first-order valence-corrected chi connectivity index (χ1v) is 7.45. The van der Waals surface area contributed by atoms with E-state index in [1.807, 2.05) is 13.8 Å². The third-order valence-corrected chi connectivity index (χ3v) is 4.14. The van der Waals surface area contributed by atoms with Crippen LogP contribution in [0.1, 0.15) is 32.3 Å². The summed E-state index contributed by atoms with van der Waals surface area (Å²) < 4.78 is 28.5. The van der Waals surface area contributed by atoms with E-state index in [4.69, 9.17) is 9.15 Å². The maximum Gasteiger partial charge on any atom is 0.366 e. The van der Waals surface area contributed by atoms with Gasteiger partial charge in [0.1, 0.15) is 12.4 Å². The van der Waals surface area contributed by atoms with Crippen molar-refractivity contribution in [2.75, 3.05) is 7.11 Å². The molecule has 1 heterocycles. The van der Waals surface area contributed by atoms with E-state index < -0.39 is 35.0 Å². The van der Waals surface area contributed by atoms with Crippen molar-refractivity contribution < 1.29 is 27.9 Å². The Morgan fingerprint density at radius 1 is 1.42 bits per heavy atom. The summed E-state index contributed by atoms with van der Waals surface area (Å²) >= 11 is 0. The number of esters is 2. The molecule has 24 heavy (non-hydrogen) atoms. The molecule has 1 fully saturated rings. The van der Waals surface area contributed by atoms with Gasteiger partial charge < -0.3 is 13.9 Å². The SMILES string of the molecule is CC#Cc1ccc(COC(=O)[C@@H]2[C@H](/C=C(\F)C(=O)OC)C2(C)C)o1. The van der Waals surface area contributed by atoms with Crippen molar-refractivity contribution >= 4 is 11.9 Å². The molecule has 0 bridgehead atoms. The Balaban J connectivity index is 1.96. The molecule has 1 aromatic rings. The lowest BCUT2D eigenvalue weighted by Crippen LogP contribution is -2.10. The van der Waals surface area contributed by atoms with Crippen LogP contribution in [0, 0.1) is 29.1 Å². The van der Waals surface area contributed by atoms with Crippen LogP contribution in [0.15, 0.2) is 28.5 Å². The Kier molecular flexibility index (Phi) is 5.13. The Morgan fingerprint density at radius 3 is 2.75 bits per heavy atom. The second-order valence-electron chi connectivity index (χ2n) is 6.08. The molecule has 5 nitrogen and oxygen atoms in total. The van der Waals surface area contributed by atoms with Crippen molar-refractivity contribution in [2.24, 2.45) is 17.3 Å². The van der Waals surface area contributed by atoms with Crippen LogP contribution in [-0.2, 0) is 25.7 Å². The molecule has 2 rings (SSSR count). The number of rotatable bonds is 5. The highest BCUT2D eigenvalue weighted by atomic mass is 19.1. The van der Waals surface area contributed by atoms with Gasteiger partial charge in [-0.05, 0) is 42.4 Å². The van der Waals surface area contributed by atoms with E-state index in [1.54, 1.807) is 19.1 Å². The third-order valence-electron chi connectivity index (χ3n) is 4.14. The van der Waals surface area contributed by atoms with Crippen LogP contribution >= 0.6 is 0 Å². The monoisotopic (exact) mass is 334 g/mol. The van der Waals surface area contributed by atoms with Crippen molar-refractivity contribution in [1.29, 1.82) is 0 Å². The van der Waals surface area contributed by atoms with Crippen LogP contribution in [0.3, 0.4) is 0 Å². The zero-order valence-electron chi connectivity index (χ0n) is 14.0. The van der Waals surface area contributed by atoms with Crippen LogP contribution in [0.2, 0.25) is 0 Å². The van der Waals surface area contributed by atoms with Crippen molar-refractivity contribution in [3.63, 3.8) is 0 Å². The normalized spacial score (nSPS) is 21.5. The number of carbonyl (C=O) groups is 2. The number of hydrogen-bond acceptors (Lipinski definition) is 5. The van der Waals surface area contributed by atoms with Crippen LogP contribution in [-0.4, -0.2) is 19.0 Å². The quantitative estimate of drug-likeness (QED) is 0.470. The zero-order valence-corrected chi connectivity index (χ0v) is 14.0. The predicted molar refractivity (Wildman–Crippen MR) is 83.0 cm³/mol. The topological polar surface area (TPSA) is 65.7 Å². The lowest BCUT2D eigenvalue weighted by Gasteiger charge is -2.03. The minimum atomic E-state index is -1.05. The Morgan fingerprint density at radius 2 is 2.12 bits per heavy atom. The van der Waals surface area contributed by atoms with Gasteiger partial charge in [-0.2, -0.15) is 4.39 Å². The largest absolute Gasteiger partial charge is 0.464 e. The van der Waals surface area contributed by atoms with E-state index in [2.05, 4.69) is 16.6 Å². The van der Waals surface area contributed by atoms with E-state index in [-0.39, 0.29) is 6.61 Å². The number of allylic oxidation sites excluding steroid dienone is 1. The summed E-state index contributed by atoms with van der Waals surface area (Å²) in [7, 11) is 1.10. The van der Waals surface area contributed by atoms with Gasteiger partial charge in [-0.15, -0.1) is 0 Å². The summed E-state index contributed by atoms with van der Waals surface area (Å²) in [5, 5.41) is 0.